The number of sulfonamides is 1. The van der Waals surface area contributed by atoms with E-state index in [4.69, 9.17) is 0 Å². The predicted octanol–water partition coefficient (Wildman–Crippen LogP) is 3.54. The average Bonchev–Trinajstić information content (AvgIpc) is 3.45. The fraction of sp³-hybridized carbons (Fsp3) is 0.562. The summed E-state index contributed by atoms with van der Waals surface area (Å²) in [5.74, 6) is -0.199. The number of rotatable bonds is 17. The van der Waals surface area contributed by atoms with E-state index in [9.17, 15) is 23.1 Å². The molecule has 1 aliphatic rings. The Morgan fingerprint density at radius 1 is 0.976 bits per heavy atom. The van der Waals surface area contributed by atoms with E-state index in [1.54, 1.807) is 18.2 Å². The first-order valence-electron chi connectivity index (χ1n) is 15.1. The summed E-state index contributed by atoms with van der Waals surface area (Å²) in [5.41, 5.74) is -0.967. The standard InChI is InChI=1S/C32H48N4O5S/c1-26(2)24-36(42(40,41)29-16-8-5-9-17-29)32(39,23-28-14-6-4-7-15-28)19-20-33-30(37)18-12-13-27(3)34-31(38)25-35-21-10-11-22-35/h4-9,14-17,26-27,39H,10-13,18-25H2,1-3H3,(H,33,37)(H,34,38). The molecular weight excluding hydrogens is 552 g/mol. The summed E-state index contributed by atoms with van der Waals surface area (Å²) in [6, 6.07) is 17.4. The number of amides is 2. The van der Waals surface area contributed by atoms with Crippen LogP contribution in [-0.4, -0.2) is 79.0 Å². The molecule has 10 heteroatoms. The van der Waals surface area contributed by atoms with Crippen LogP contribution in [0.25, 0.3) is 0 Å². The minimum atomic E-state index is -4.03. The molecule has 1 fully saturated rings. The second-order valence-electron chi connectivity index (χ2n) is 11.8. The summed E-state index contributed by atoms with van der Waals surface area (Å²) in [6.45, 7) is 8.36. The van der Waals surface area contributed by atoms with Gasteiger partial charge in [0.1, 0.15) is 5.72 Å². The Morgan fingerprint density at radius 2 is 1.60 bits per heavy atom. The fourth-order valence-electron chi connectivity index (χ4n) is 5.36. The van der Waals surface area contributed by atoms with Crippen molar-refractivity contribution < 1.29 is 23.1 Å². The van der Waals surface area contributed by atoms with E-state index in [1.165, 1.54) is 16.4 Å². The van der Waals surface area contributed by atoms with E-state index in [1.807, 2.05) is 51.1 Å². The molecule has 2 atom stereocenters. The van der Waals surface area contributed by atoms with Crippen molar-refractivity contribution in [3.05, 3.63) is 66.2 Å². The maximum absolute atomic E-state index is 13.8. The first-order valence-corrected chi connectivity index (χ1v) is 16.6. The molecule has 1 heterocycles. The van der Waals surface area contributed by atoms with Crippen molar-refractivity contribution in [3.63, 3.8) is 0 Å². The molecule has 3 N–H and O–H groups in total. The fourth-order valence-corrected chi connectivity index (χ4v) is 7.22. The second kappa shape index (κ2) is 16.2. The van der Waals surface area contributed by atoms with E-state index < -0.39 is 15.7 Å². The van der Waals surface area contributed by atoms with E-state index in [-0.39, 0.29) is 61.0 Å². The molecule has 0 aromatic heterocycles. The molecule has 0 aliphatic carbocycles. The Labute approximate surface area is 251 Å². The Balaban J connectivity index is 1.60. The van der Waals surface area contributed by atoms with Crippen LogP contribution < -0.4 is 10.6 Å². The topological polar surface area (TPSA) is 119 Å². The van der Waals surface area contributed by atoms with Gasteiger partial charge in [0.2, 0.25) is 21.8 Å². The summed E-state index contributed by atoms with van der Waals surface area (Å²) in [7, 11) is -4.03. The monoisotopic (exact) mass is 600 g/mol. The van der Waals surface area contributed by atoms with Crippen LogP contribution in [0, 0.1) is 5.92 Å². The molecule has 42 heavy (non-hydrogen) atoms. The van der Waals surface area contributed by atoms with E-state index in [0.717, 1.165) is 31.5 Å². The molecule has 0 saturated carbocycles. The zero-order chi connectivity index (χ0) is 30.6. The Kier molecular flexibility index (Phi) is 13.0. The smallest absolute Gasteiger partial charge is 0.245 e. The van der Waals surface area contributed by atoms with Crippen LogP contribution in [-0.2, 0) is 26.0 Å². The number of carbonyl (C=O) groups excluding carboxylic acids is 2. The van der Waals surface area contributed by atoms with Crippen molar-refractivity contribution in [3.8, 4) is 0 Å². The van der Waals surface area contributed by atoms with Crippen molar-refractivity contribution in [1.82, 2.24) is 19.8 Å². The van der Waals surface area contributed by atoms with Crippen molar-refractivity contribution in [2.45, 2.75) is 82.4 Å². The second-order valence-corrected chi connectivity index (χ2v) is 13.7. The summed E-state index contributed by atoms with van der Waals surface area (Å²) >= 11 is 0. The third kappa shape index (κ3) is 10.5. The number of likely N-dealkylation sites (tertiary alicyclic amines) is 1. The zero-order valence-corrected chi connectivity index (χ0v) is 26.1. The van der Waals surface area contributed by atoms with Gasteiger partial charge in [0, 0.05) is 38.4 Å². The number of aliphatic hydroxyl groups is 1. The molecule has 2 aromatic carbocycles. The first-order chi connectivity index (χ1) is 20.0. The van der Waals surface area contributed by atoms with Crippen LogP contribution in [0.2, 0.25) is 0 Å². The van der Waals surface area contributed by atoms with Gasteiger partial charge in [-0.1, -0.05) is 62.4 Å². The number of hydrogen-bond donors (Lipinski definition) is 3. The summed E-state index contributed by atoms with van der Waals surface area (Å²) in [4.78, 5) is 27.2. The highest BCUT2D eigenvalue weighted by Crippen LogP contribution is 2.30. The summed E-state index contributed by atoms with van der Waals surface area (Å²) < 4.78 is 28.9. The minimum absolute atomic E-state index is 0.0166. The SMILES string of the molecule is CC(C)CN(C(O)(CCNC(=O)CCCC(C)NC(=O)CN1CCCC1)Cc1ccccc1)S(=O)(=O)c1ccccc1. The van der Waals surface area contributed by atoms with Crippen LogP contribution in [0.5, 0.6) is 0 Å². The quantitative estimate of drug-likeness (QED) is 0.239. The molecule has 3 rings (SSSR count). The minimum Gasteiger partial charge on any atom is -0.374 e. The van der Waals surface area contributed by atoms with Crippen LogP contribution in [0.3, 0.4) is 0 Å². The van der Waals surface area contributed by atoms with Gasteiger partial charge in [0.15, 0.2) is 0 Å². The van der Waals surface area contributed by atoms with Gasteiger partial charge in [-0.05, 0) is 69.3 Å². The van der Waals surface area contributed by atoms with Crippen LogP contribution in [0.15, 0.2) is 65.6 Å². The molecule has 0 bridgehead atoms. The highest BCUT2D eigenvalue weighted by atomic mass is 32.2. The maximum atomic E-state index is 13.8. The molecule has 232 valence electrons. The maximum Gasteiger partial charge on any atom is 0.245 e. The molecule has 1 saturated heterocycles. The number of carbonyl (C=O) groups is 2. The lowest BCUT2D eigenvalue weighted by molar-refractivity contribution is -0.122. The summed E-state index contributed by atoms with van der Waals surface area (Å²) in [6.07, 6.45) is 3.94. The lowest BCUT2D eigenvalue weighted by Crippen LogP contribution is -2.55. The van der Waals surface area contributed by atoms with Gasteiger partial charge in [0.25, 0.3) is 0 Å². The number of benzene rings is 2. The van der Waals surface area contributed by atoms with Crippen molar-refractivity contribution >= 4 is 21.8 Å². The third-order valence-corrected chi connectivity index (χ3v) is 9.46. The molecule has 0 radical (unpaired) electrons. The van der Waals surface area contributed by atoms with E-state index >= 15 is 0 Å². The molecule has 2 amide bonds. The van der Waals surface area contributed by atoms with Gasteiger partial charge < -0.3 is 15.7 Å². The van der Waals surface area contributed by atoms with Crippen molar-refractivity contribution in [1.29, 1.82) is 0 Å². The largest absolute Gasteiger partial charge is 0.374 e. The Hall–Kier alpha value is -2.79. The molecule has 1 aliphatic heterocycles. The summed E-state index contributed by atoms with van der Waals surface area (Å²) in [5, 5.41) is 18.0. The molecular formula is C32H48N4O5S. The van der Waals surface area contributed by atoms with Crippen molar-refractivity contribution in [2.75, 3.05) is 32.7 Å². The van der Waals surface area contributed by atoms with Gasteiger partial charge in [-0.2, -0.15) is 4.31 Å². The Bertz CT molecular complexity index is 1220. The van der Waals surface area contributed by atoms with Crippen LogP contribution >= 0.6 is 0 Å². The first kappa shape index (κ1) is 33.7. The van der Waals surface area contributed by atoms with Gasteiger partial charge in [-0.15, -0.1) is 0 Å². The number of nitrogens with zero attached hydrogens (tertiary/aromatic N) is 2. The van der Waals surface area contributed by atoms with Gasteiger partial charge >= 0.3 is 0 Å². The predicted molar refractivity (Wildman–Crippen MR) is 165 cm³/mol. The van der Waals surface area contributed by atoms with Crippen molar-refractivity contribution in [2.24, 2.45) is 5.92 Å². The molecule has 9 nitrogen and oxygen atoms in total. The average molecular weight is 601 g/mol. The number of nitrogens with one attached hydrogen (secondary N) is 2. The van der Waals surface area contributed by atoms with Gasteiger partial charge in [0.05, 0.1) is 11.4 Å². The van der Waals surface area contributed by atoms with Crippen LogP contribution in [0.4, 0.5) is 0 Å². The van der Waals surface area contributed by atoms with E-state index in [0.29, 0.717) is 19.4 Å². The third-order valence-electron chi connectivity index (χ3n) is 7.52. The van der Waals surface area contributed by atoms with E-state index in [2.05, 4.69) is 15.5 Å². The Morgan fingerprint density at radius 3 is 2.21 bits per heavy atom. The highest BCUT2D eigenvalue weighted by Gasteiger charge is 2.43. The lowest BCUT2D eigenvalue weighted by Gasteiger charge is -2.40. The zero-order valence-electron chi connectivity index (χ0n) is 25.3. The van der Waals surface area contributed by atoms with Gasteiger partial charge in [-0.3, -0.25) is 14.5 Å². The lowest BCUT2D eigenvalue weighted by atomic mass is 9.98. The normalized spacial score (nSPS) is 16.3. The van der Waals surface area contributed by atoms with Crippen LogP contribution in [0.1, 0.15) is 64.9 Å². The van der Waals surface area contributed by atoms with Gasteiger partial charge in [-0.25, -0.2) is 8.42 Å². The molecule has 0 spiro atoms. The molecule has 2 aromatic rings. The highest BCUT2D eigenvalue weighted by molar-refractivity contribution is 7.89. The molecule has 2 unspecified atom stereocenters. The number of hydrogen-bond acceptors (Lipinski definition) is 6.